The highest BCUT2D eigenvalue weighted by molar-refractivity contribution is 9.10. The first kappa shape index (κ1) is 21.4. The maximum absolute atomic E-state index is 13.9. The summed E-state index contributed by atoms with van der Waals surface area (Å²) in [4.78, 5) is 11.5. The minimum absolute atomic E-state index is 0.106. The van der Waals surface area contributed by atoms with E-state index in [2.05, 4.69) is 20.7 Å². The van der Waals surface area contributed by atoms with E-state index in [1.165, 1.54) is 18.2 Å². The van der Waals surface area contributed by atoms with Crippen LogP contribution in [0.25, 0.3) is 0 Å². The van der Waals surface area contributed by atoms with Crippen molar-refractivity contribution in [3.05, 3.63) is 34.3 Å². The minimum atomic E-state index is -5.10. The highest BCUT2D eigenvalue weighted by Crippen LogP contribution is 2.34. The third-order valence-electron chi connectivity index (χ3n) is 3.23. The average Bonchev–Trinajstić information content (AvgIpc) is 2.44. The lowest BCUT2D eigenvalue weighted by Gasteiger charge is -2.36. The SMILES string of the molecule is CC(C)(C)[S+]([O-])N[C@@](CF)(CC(=O)C(F)(F)F)c1cccc(Br)c1. The summed E-state index contributed by atoms with van der Waals surface area (Å²) in [5.41, 5.74) is -1.93. The van der Waals surface area contributed by atoms with Gasteiger partial charge in [-0.25, -0.2) is 4.39 Å². The Hall–Kier alpha value is -0.640. The molecule has 1 aromatic carbocycles. The zero-order valence-corrected chi connectivity index (χ0v) is 15.7. The highest BCUT2D eigenvalue weighted by Gasteiger charge is 2.48. The molecule has 0 radical (unpaired) electrons. The first-order valence-electron chi connectivity index (χ1n) is 6.93. The van der Waals surface area contributed by atoms with E-state index in [0.29, 0.717) is 4.47 Å². The Morgan fingerprint density at radius 1 is 1.29 bits per heavy atom. The number of halogens is 5. The summed E-state index contributed by atoms with van der Waals surface area (Å²) in [6, 6.07) is 5.90. The molecule has 1 unspecified atom stereocenters. The van der Waals surface area contributed by atoms with Gasteiger partial charge >= 0.3 is 6.18 Å². The summed E-state index contributed by atoms with van der Waals surface area (Å²) < 4.78 is 66.4. The van der Waals surface area contributed by atoms with Crippen molar-refractivity contribution in [2.45, 2.75) is 43.7 Å². The van der Waals surface area contributed by atoms with Crippen LogP contribution in [0.3, 0.4) is 0 Å². The Kier molecular flexibility index (Phi) is 6.88. The maximum Gasteiger partial charge on any atom is 0.450 e. The van der Waals surface area contributed by atoms with Crippen LogP contribution in [0.1, 0.15) is 32.8 Å². The molecule has 0 aliphatic rings. The van der Waals surface area contributed by atoms with Gasteiger partial charge in [-0.1, -0.05) is 28.1 Å². The van der Waals surface area contributed by atoms with Crippen LogP contribution in [0, 0.1) is 0 Å². The topological polar surface area (TPSA) is 52.2 Å². The number of hydrogen-bond donors (Lipinski definition) is 1. The second kappa shape index (κ2) is 7.72. The first-order chi connectivity index (χ1) is 10.8. The van der Waals surface area contributed by atoms with Gasteiger partial charge < -0.3 is 4.55 Å². The summed E-state index contributed by atoms with van der Waals surface area (Å²) in [5.74, 6) is -2.08. The smallest absolute Gasteiger partial charge is 0.450 e. The van der Waals surface area contributed by atoms with Crippen LogP contribution >= 0.6 is 15.9 Å². The maximum atomic E-state index is 13.9. The van der Waals surface area contributed by atoms with Crippen molar-refractivity contribution in [2.75, 3.05) is 6.67 Å². The summed E-state index contributed by atoms with van der Waals surface area (Å²) in [5, 5.41) is 0. The molecule has 2 atom stereocenters. The fraction of sp³-hybridized carbons (Fsp3) is 0.533. The summed E-state index contributed by atoms with van der Waals surface area (Å²) in [7, 11) is 0. The van der Waals surface area contributed by atoms with E-state index in [1.54, 1.807) is 26.8 Å². The van der Waals surface area contributed by atoms with Gasteiger partial charge in [0.1, 0.15) is 17.0 Å². The molecule has 0 saturated heterocycles. The summed E-state index contributed by atoms with van der Waals surface area (Å²) in [6.07, 6.45) is -6.29. The Morgan fingerprint density at radius 3 is 2.29 bits per heavy atom. The first-order valence-corrected chi connectivity index (χ1v) is 8.88. The van der Waals surface area contributed by atoms with E-state index in [4.69, 9.17) is 0 Å². The molecule has 0 heterocycles. The molecule has 0 aliphatic heterocycles. The van der Waals surface area contributed by atoms with Crippen LogP contribution in [0.4, 0.5) is 17.6 Å². The van der Waals surface area contributed by atoms with Gasteiger partial charge in [0.25, 0.3) is 0 Å². The molecule has 1 aromatic rings. The predicted octanol–water partition coefficient (Wildman–Crippen LogP) is 4.19. The lowest BCUT2D eigenvalue weighted by molar-refractivity contribution is -0.172. The third-order valence-corrected chi connectivity index (χ3v) is 5.41. The number of benzene rings is 1. The second-order valence-corrected chi connectivity index (χ2v) is 9.19. The molecule has 0 aliphatic carbocycles. The molecule has 9 heteroatoms. The molecule has 0 saturated carbocycles. The summed E-state index contributed by atoms with van der Waals surface area (Å²) >= 11 is 1.28. The predicted molar refractivity (Wildman–Crippen MR) is 88.5 cm³/mol. The van der Waals surface area contributed by atoms with Crippen molar-refractivity contribution in [3.63, 3.8) is 0 Å². The number of ketones is 1. The zero-order valence-electron chi connectivity index (χ0n) is 13.3. The molecule has 0 fully saturated rings. The lowest BCUT2D eigenvalue weighted by atomic mass is 9.87. The quantitative estimate of drug-likeness (QED) is 0.542. The molecule has 136 valence electrons. The van der Waals surface area contributed by atoms with E-state index < -0.39 is 46.7 Å². The van der Waals surface area contributed by atoms with E-state index >= 15 is 0 Å². The van der Waals surface area contributed by atoms with Crippen molar-refractivity contribution < 1.29 is 26.9 Å². The highest BCUT2D eigenvalue weighted by atomic mass is 79.9. The van der Waals surface area contributed by atoms with Gasteiger partial charge in [-0.2, -0.15) is 13.2 Å². The van der Waals surface area contributed by atoms with Gasteiger partial charge in [0.05, 0.1) is 0 Å². The second-order valence-electron chi connectivity index (χ2n) is 6.31. The van der Waals surface area contributed by atoms with Gasteiger partial charge in [-0.15, -0.1) is 4.72 Å². The van der Waals surface area contributed by atoms with Gasteiger partial charge in [-0.05, 0) is 38.5 Å². The molecule has 1 rings (SSSR count). The van der Waals surface area contributed by atoms with Crippen molar-refractivity contribution in [3.8, 4) is 0 Å². The standard InChI is InChI=1S/C15H18BrF4NO2S/c1-13(2,3)24(23)21-14(9-17,8-12(22)15(18,19)20)10-5-4-6-11(16)7-10/h4-7,21H,8-9H2,1-3H3/t14-,24?/m1/s1. The van der Waals surface area contributed by atoms with Gasteiger partial charge in [0.15, 0.2) is 0 Å². The molecule has 0 aromatic heterocycles. The van der Waals surface area contributed by atoms with Gasteiger partial charge in [0, 0.05) is 22.3 Å². The largest absolute Gasteiger partial charge is 0.598 e. The Labute approximate surface area is 149 Å². The zero-order chi connectivity index (χ0) is 18.8. The fourth-order valence-corrected chi connectivity index (χ4v) is 3.14. The average molecular weight is 432 g/mol. The number of nitrogens with one attached hydrogen (secondary N) is 1. The molecular formula is C15H18BrF4NO2S. The van der Waals surface area contributed by atoms with E-state index in [-0.39, 0.29) is 5.56 Å². The number of rotatable bonds is 6. The Balaban J connectivity index is 3.34. The number of carbonyl (C=O) groups is 1. The monoisotopic (exact) mass is 431 g/mol. The molecule has 3 nitrogen and oxygen atoms in total. The van der Waals surface area contributed by atoms with Crippen LogP contribution in [0.5, 0.6) is 0 Å². The van der Waals surface area contributed by atoms with E-state index in [0.717, 1.165) is 0 Å². The summed E-state index contributed by atoms with van der Waals surface area (Å²) in [6.45, 7) is 3.44. The number of alkyl halides is 4. The van der Waals surface area contributed by atoms with Crippen LogP contribution in [-0.2, 0) is 21.7 Å². The molecule has 0 amide bonds. The normalized spacial score (nSPS) is 16.5. The van der Waals surface area contributed by atoms with Crippen molar-refractivity contribution in [2.24, 2.45) is 0 Å². The molecular weight excluding hydrogens is 414 g/mol. The lowest BCUT2D eigenvalue weighted by Crippen LogP contribution is -2.54. The minimum Gasteiger partial charge on any atom is -0.598 e. The van der Waals surface area contributed by atoms with Crippen LogP contribution in [-0.4, -0.2) is 27.9 Å². The van der Waals surface area contributed by atoms with Crippen LogP contribution in [0.15, 0.2) is 28.7 Å². The van der Waals surface area contributed by atoms with E-state index in [9.17, 15) is 26.9 Å². The molecule has 0 spiro atoms. The molecule has 1 N–H and O–H groups in total. The third kappa shape index (κ3) is 5.44. The van der Waals surface area contributed by atoms with Crippen molar-refractivity contribution in [1.29, 1.82) is 0 Å². The van der Waals surface area contributed by atoms with Gasteiger partial charge in [0.2, 0.25) is 5.78 Å². The van der Waals surface area contributed by atoms with Gasteiger partial charge in [-0.3, -0.25) is 4.79 Å². The Morgan fingerprint density at radius 2 is 1.88 bits per heavy atom. The van der Waals surface area contributed by atoms with Crippen LogP contribution in [0.2, 0.25) is 0 Å². The van der Waals surface area contributed by atoms with Crippen molar-refractivity contribution in [1.82, 2.24) is 4.72 Å². The van der Waals surface area contributed by atoms with Crippen LogP contribution < -0.4 is 4.72 Å². The van der Waals surface area contributed by atoms with Crippen molar-refractivity contribution >= 4 is 33.1 Å². The molecule has 0 bridgehead atoms. The number of carbonyl (C=O) groups excluding carboxylic acids is 1. The Bertz CT molecular complexity index is 592. The fourth-order valence-electron chi connectivity index (χ4n) is 1.84. The van der Waals surface area contributed by atoms with E-state index in [1.807, 2.05) is 0 Å². The molecule has 24 heavy (non-hydrogen) atoms. The number of hydrogen-bond acceptors (Lipinski definition) is 3. The number of Topliss-reactive ketones (excluding diaryl/α,β-unsaturated/α-hetero) is 1.